The number of aryl methyl sites for hydroxylation is 1. The SMILES string of the molecule is Cc1c(C(=O)N2C[C@H](O)C[C@@H]2C(=O)O)sc2ccccc12. The lowest BCUT2D eigenvalue weighted by atomic mass is 10.1. The number of amides is 1. The smallest absolute Gasteiger partial charge is 0.326 e. The van der Waals surface area contributed by atoms with Gasteiger partial charge < -0.3 is 15.1 Å². The number of hydrogen-bond donors (Lipinski definition) is 2. The Morgan fingerprint density at radius 1 is 1.33 bits per heavy atom. The van der Waals surface area contributed by atoms with E-state index in [9.17, 15) is 19.8 Å². The summed E-state index contributed by atoms with van der Waals surface area (Å²) in [6, 6.07) is 6.77. The van der Waals surface area contributed by atoms with Gasteiger partial charge in [0.25, 0.3) is 5.91 Å². The summed E-state index contributed by atoms with van der Waals surface area (Å²) in [5, 5.41) is 19.9. The van der Waals surface area contributed by atoms with Crippen LogP contribution in [0.25, 0.3) is 10.1 Å². The van der Waals surface area contributed by atoms with Crippen LogP contribution >= 0.6 is 11.3 Å². The number of carbonyl (C=O) groups excluding carboxylic acids is 1. The molecule has 5 nitrogen and oxygen atoms in total. The van der Waals surface area contributed by atoms with Crippen molar-refractivity contribution in [2.24, 2.45) is 0 Å². The van der Waals surface area contributed by atoms with E-state index in [1.54, 1.807) is 0 Å². The molecular weight excluding hydrogens is 290 g/mol. The highest BCUT2D eigenvalue weighted by molar-refractivity contribution is 7.21. The number of aliphatic hydroxyl groups excluding tert-OH is 1. The van der Waals surface area contributed by atoms with Crippen LogP contribution < -0.4 is 0 Å². The molecule has 0 spiro atoms. The van der Waals surface area contributed by atoms with Crippen molar-refractivity contribution in [3.05, 3.63) is 34.7 Å². The van der Waals surface area contributed by atoms with E-state index in [1.807, 2.05) is 31.2 Å². The molecule has 3 rings (SSSR count). The number of β-amino-alcohol motifs (C(OH)–C–C–N with tert-alkyl or cyclic N) is 1. The van der Waals surface area contributed by atoms with Gasteiger partial charge >= 0.3 is 5.97 Å². The number of aliphatic hydroxyl groups is 1. The lowest BCUT2D eigenvalue weighted by Gasteiger charge is -2.20. The minimum Gasteiger partial charge on any atom is -0.480 e. The quantitative estimate of drug-likeness (QED) is 0.888. The molecule has 1 fully saturated rings. The fraction of sp³-hybridized carbons (Fsp3) is 0.333. The number of benzene rings is 1. The molecule has 6 heteroatoms. The van der Waals surface area contributed by atoms with Crippen molar-refractivity contribution in [1.82, 2.24) is 4.90 Å². The van der Waals surface area contributed by atoms with Crippen molar-refractivity contribution < 1.29 is 19.8 Å². The summed E-state index contributed by atoms with van der Waals surface area (Å²) in [7, 11) is 0. The van der Waals surface area contributed by atoms with Gasteiger partial charge in [0, 0.05) is 17.7 Å². The van der Waals surface area contributed by atoms with Gasteiger partial charge in [-0.2, -0.15) is 0 Å². The Morgan fingerprint density at radius 2 is 2.05 bits per heavy atom. The molecule has 1 aliphatic heterocycles. The molecule has 0 radical (unpaired) electrons. The first kappa shape index (κ1) is 14.0. The second-order valence-electron chi connectivity index (χ2n) is 5.25. The first-order valence-corrected chi connectivity index (χ1v) is 7.50. The van der Waals surface area contributed by atoms with Gasteiger partial charge in [0.1, 0.15) is 6.04 Å². The Hall–Kier alpha value is -1.92. The summed E-state index contributed by atoms with van der Waals surface area (Å²) in [4.78, 5) is 25.7. The molecule has 2 atom stereocenters. The Labute approximate surface area is 125 Å². The van der Waals surface area contributed by atoms with Crippen molar-refractivity contribution >= 4 is 33.3 Å². The van der Waals surface area contributed by atoms with Gasteiger partial charge in [-0.25, -0.2) is 4.79 Å². The number of carboxylic acid groups (broad SMARTS) is 1. The van der Waals surface area contributed by atoms with E-state index in [4.69, 9.17) is 0 Å². The van der Waals surface area contributed by atoms with Crippen LogP contribution in [-0.2, 0) is 4.79 Å². The molecule has 110 valence electrons. The van der Waals surface area contributed by atoms with E-state index < -0.39 is 18.1 Å². The summed E-state index contributed by atoms with van der Waals surface area (Å²) in [6.07, 6.45) is -0.685. The number of carbonyl (C=O) groups is 2. The molecule has 2 N–H and O–H groups in total. The molecule has 21 heavy (non-hydrogen) atoms. The maximum Gasteiger partial charge on any atom is 0.326 e. The number of thiophene rings is 1. The first-order chi connectivity index (χ1) is 9.99. The van der Waals surface area contributed by atoms with E-state index in [1.165, 1.54) is 16.2 Å². The lowest BCUT2D eigenvalue weighted by Crippen LogP contribution is -2.40. The largest absolute Gasteiger partial charge is 0.480 e. The monoisotopic (exact) mass is 305 g/mol. The van der Waals surface area contributed by atoms with Gasteiger partial charge in [-0.15, -0.1) is 11.3 Å². The second kappa shape index (κ2) is 5.13. The highest BCUT2D eigenvalue weighted by atomic mass is 32.1. The summed E-state index contributed by atoms with van der Waals surface area (Å²) in [5.41, 5.74) is 0.867. The van der Waals surface area contributed by atoms with Crippen molar-refractivity contribution in [3.63, 3.8) is 0 Å². The van der Waals surface area contributed by atoms with E-state index in [-0.39, 0.29) is 18.9 Å². The lowest BCUT2D eigenvalue weighted by molar-refractivity contribution is -0.141. The van der Waals surface area contributed by atoms with Crippen LogP contribution in [0.1, 0.15) is 21.7 Å². The predicted molar refractivity (Wildman–Crippen MR) is 79.6 cm³/mol. The average Bonchev–Trinajstić information content (AvgIpc) is 3.00. The molecule has 1 aromatic carbocycles. The molecule has 1 amide bonds. The number of fused-ring (bicyclic) bond motifs is 1. The van der Waals surface area contributed by atoms with Crippen LogP contribution in [0.4, 0.5) is 0 Å². The number of hydrogen-bond acceptors (Lipinski definition) is 4. The van der Waals surface area contributed by atoms with Gasteiger partial charge in [-0.3, -0.25) is 4.79 Å². The van der Waals surface area contributed by atoms with Gasteiger partial charge in [0.2, 0.25) is 0 Å². The molecule has 0 unspecified atom stereocenters. The molecule has 1 aliphatic rings. The summed E-state index contributed by atoms with van der Waals surface area (Å²) in [6.45, 7) is 1.94. The molecule has 1 aromatic heterocycles. The molecule has 2 aromatic rings. The standard InChI is InChI=1S/C15H15NO4S/c1-8-10-4-2-3-5-12(10)21-13(8)14(18)16-7-9(17)6-11(16)15(19)20/h2-5,9,11,17H,6-7H2,1H3,(H,19,20)/t9-,11-/m1/s1. The third kappa shape index (κ3) is 2.30. The zero-order valence-electron chi connectivity index (χ0n) is 11.4. The van der Waals surface area contributed by atoms with Crippen LogP contribution in [0.5, 0.6) is 0 Å². The van der Waals surface area contributed by atoms with Crippen molar-refractivity contribution in [2.45, 2.75) is 25.5 Å². The number of nitrogens with zero attached hydrogens (tertiary/aromatic N) is 1. The minimum absolute atomic E-state index is 0.0729. The molecule has 2 heterocycles. The fourth-order valence-electron chi connectivity index (χ4n) is 2.78. The van der Waals surface area contributed by atoms with E-state index in [0.29, 0.717) is 4.88 Å². The third-order valence-corrected chi connectivity index (χ3v) is 5.12. The van der Waals surface area contributed by atoms with E-state index >= 15 is 0 Å². The van der Waals surface area contributed by atoms with Crippen molar-refractivity contribution in [2.75, 3.05) is 6.54 Å². The van der Waals surface area contributed by atoms with Crippen molar-refractivity contribution in [3.8, 4) is 0 Å². The van der Waals surface area contributed by atoms with Crippen LogP contribution in [0, 0.1) is 6.92 Å². The summed E-state index contributed by atoms with van der Waals surface area (Å²) in [5.74, 6) is -1.38. The Morgan fingerprint density at radius 3 is 2.71 bits per heavy atom. The number of likely N-dealkylation sites (tertiary alicyclic amines) is 1. The normalized spacial score (nSPS) is 21.9. The molecule has 1 saturated heterocycles. The van der Waals surface area contributed by atoms with Crippen LogP contribution in [0.2, 0.25) is 0 Å². The maximum absolute atomic E-state index is 12.7. The Kier molecular flexibility index (Phi) is 3.43. The predicted octanol–water partition coefficient (Wildman–Crippen LogP) is 1.87. The highest BCUT2D eigenvalue weighted by Gasteiger charge is 2.40. The molecule has 0 saturated carbocycles. The van der Waals surface area contributed by atoms with Gasteiger partial charge in [-0.05, 0) is 23.9 Å². The van der Waals surface area contributed by atoms with Crippen molar-refractivity contribution in [1.29, 1.82) is 0 Å². The summed E-state index contributed by atoms with van der Waals surface area (Å²) < 4.78 is 1.00. The van der Waals surface area contributed by atoms with Gasteiger partial charge in [0.05, 0.1) is 11.0 Å². The third-order valence-electron chi connectivity index (χ3n) is 3.86. The van der Waals surface area contributed by atoms with E-state index in [0.717, 1.165) is 15.6 Å². The second-order valence-corrected chi connectivity index (χ2v) is 6.31. The Bertz CT molecular complexity index is 724. The molecular formula is C15H15NO4S. The number of rotatable bonds is 2. The average molecular weight is 305 g/mol. The first-order valence-electron chi connectivity index (χ1n) is 6.69. The minimum atomic E-state index is -1.07. The zero-order chi connectivity index (χ0) is 15.1. The topological polar surface area (TPSA) is 77.8 Å². The van der Waals surface area contributed by atoms with Crippen LogP contribution in [-0.4, -0.2) is 45.7 Å². The number of carboxylic acids is 1. The molecule has 0 bridgehead atoms. The Balaban J connectivity index is 2.00. The summed E-state index contributed by atoms with van der Waals surface area (Å²) >= 11 is 1.37. The molecule has 0 aliphatic carbocycles. The highest BCUT2D eigenvalue weighted by Crippen LogP contribution is 2.33. The van der Waals surface area contributed by atoms with Crippen LogP contribution in [0.15, 0.2) is 24.3 Å². The van der Waals surface area contributed by atoms with E-state index in [2.05, 4.69) is 0 Å². The van der Waals surface area contributed by atoms with Gasteiger partial charge in [-0.1, -0.05) is 18.2 Å². The van der Waals surface area contributed by atoms with Crippen LogP contribution in [0.3, 0.4) is 0 Å². The zero-order valence-corrected chi connectivity index (χ0v) is 12.3. The number of aliphatic carboxylic acids is 1. The fourth-order valence-corrected chi connectivity index (χ4v) is 3.95. The maximum atomic E-state index is 12.7. The van der Waals surface area contributed by atoms with Gasteiger partial charge in [0.15, 0.2) is 0 Å².